The first kappa shape index (κ1) is 13.2. The van der Waals surface area contributed by atoms with E-state index in [2.05, 4.69) is 0 Å². The number of hydrogen-bond donors (Lipinski definition) is 0. The summed E-state index contributed by atoms with van der Waals surface area (Å²) in [6.45, 7) is 7.00. The quantitative estimate of drug-likeness (QED) is 0.690. The van der Waals surface area contributed by atoms with Crippen molar-refractivity contribution in [3.05, 3.63) is 0 Å². The van der Waals surface area contributed by atoms with Gasteiger partial charge < -0.3 is 9.63 Å². The van der Waals surface area contributed by atoms with E-state index >= 15 is 0 Å². The van der Waals surface area contributed by atoms with E-state index in [0.29, 0.717) is 12.3 Å². The molecule has 0 N–H and O–H groups in total. The summed E-state index contributed by atoms with van der Waals surface area (Å²) in [6, 6.07) is 0. The van der Waals surface area contributed by atoms with Crippen molar-refractivity contribution >= 4 is 12.3 Å². The lowest BCUT2D eigenvalue weighted by atomic mass is 9.95. The topological polar surface area (TPSA) is 46.6 Å². The molecule has 0 unspecified atom stereocenters. The van der Waals surface area contributed by atoms with Gasteiger partial charge in [-0.1, -0.05) is 0 Å². The molecule has 1 heterocycles. The second kappa shape index (κ2) is 5.43. The molecule has 4 heteroatoms. The fourth-order valence-electron chi connectivity index (χ4n) is 1.63. The van der Waals surface area contributed by atoms with E-state index in [1.54, 1.807) is 5.06 Å². The molecule has 16 heavy (non-hydrogen) atoms. The van der Waals surface area contributed by atoms with Gasteiger partial charge in [-0.25, -0.2) is 4.79 Å². The van der Waals surface area contributed by atoms with Crippen LogP contribution in [0.1, 0.15) is 40.0 Å². The first-order valence-electron chi connectivity index (χ1n) is 5.84. The maximum Gasteiger partial charge on any atom is 0.330 e. The van der Waals surface area contributed by atoms with Crippen LogP contribution in [0.15, 0.2) is 0 Å². The molecule has 0 aliphatic carbocycles. The van der Waals surface area contributed by atoms with Gasteiger partial charge in [0.2, 0.25) is 0 Å². The summed E-state index contributed by atoms with van der Waals surface area (Å²) in [6.07, 6.45) is 3.45. The fourth-order valence-corrected chi connectivity index (χ4v) is 1.63. The molecule has 1 rings (SSSR count). The lowest BCUT2D eigenvalue weighted by Crippen LogP contribution is -2.38. The Labute approximate surface area is 96.9 Å². The summed E-state index contributed by atoms with van der Waals surface area (Å²) in [4.78, 5) is 27.3. The van der Waals surface area contributed by atoms with Crippen LogP contribution in [0.25, 0.3) is 0 Å². The van der Waals surface area contributed by atoms with Crippen molar-refractivity contribution in [2.45, 2.75) is 40.0 Å². The van der Waals surface area contributed by atoms with Crippen molar-refractivity contribution < 1.29 is 14.4 Å². The van der Waals surface area contributed by atoms with Crippen LogP contribution in [0, 0.1) is 11.3 Å². The third-order valence-electron chi connectivity index (χ3n) is 2.83. The third-order valence-corrected chi connectivity index (χ3v) is 2.83. The minimum absolute atomic E-state index is 0.193. The van der Waals surface area contributed by atoms with Gasteiger partial charge >= 0.3 is 5.97 Å². The van der Waals surface area contributed by atoms with Gasteiger partial charge in [0.25, 0.3) is 0 Å². The first-order chi connectivity index (χ1) is 7.43. The smallest absolute Gasteiger partial charge is 0.330 e. The molecular formula is C12H21NO3. The fraction of sp³-hybridized carbons (Fsp3) is 0.833. The Balaban J connectivity index is 2.32. The predicted octanol–water partition coefficient (Wildman–Crippen LogP) is 1.79. The molecule has 0 radical (unpaired) electrons. The second-order valence-electron chi connectivity index (χ2n) is 5.40. The molecular weight excluding hydrogens is 206 g/mol. The molecule has 0 atom stereocenters. The number of aldehydes is 1. The van der Waals surface area contributed by atoms with Crippen LogP contribution in [-0.4, -0.2) is 30.4 Å². The summed E-state index contributed by atoms with van der Waals surface area (Å²) in [5.41, 5.74) is -0.459. The molecule has 0 bridgehead atoms. The van der Waals surface area contributed by atoms with Crippen molar-refractivity contribution in [3.8, 4) is 0 Å². The predicted molar refractivity (Wildman–Crippen MR) is 60.5 cm³/mol. The Hall–Kier alpha value is -0.900. The van der Waals surface area contributed by atoms with E-state index in [9.17, 15) is 9.59 Å². The Bertz CT molecular complexity index is 249. The minimum atomic E-state index is -0.459. The monoisotopic (exact) mass is 227 g/mol. The molecule has 4 nitrogen and oxygen atoms in total. The number of nitrogens with zero attached hydrogens (tertiary/aromatic N) is 1. The standard InChI is InChI=1S/C12H21NO3/c1-12(2,3)11(15)16-13-7-4-10(5-8-13)6-9-14/h9-10H,4-8H2,1-3H3. The van der Waals surface area contributed by atoms with Crippen LogP contribution >= 0.6 is 0 Å². The zero-order chi connectivity index (χ0) is 12.2. The number of rotatable bonds is 3. The molecule has 0 aromatic rings. The van der Waals surface area contributed by atoms with Crippen LogP contribution in [0.5, 0.6) is 0 Å². The average Bonchev–Trinajstić information content (AvgIpc) is 2.20. The Kier molecular flexibility index (Phi) is 4.47. The van der Waals surface area contributed by atoms with E-state index in [0.717, 1.165) is 32.2 Å². The van der Waals surface area contributed by atoms with Gasteiger partial charge in [-0.3, -0.25) is 0 Å². The number of hydrogen-bond acceptors (Lipinski definition) is 4. The lowest BCUT2D eigenvalue weighted by molar-refractivity contribution is -0.206. The molecule has 0 aromatic carbocycles. The maximum absolute atomic E-state index is 11.6. The molecule has 1 aliphatic rings. The highest BCUT2D eigenvalue weighted by Crippen LogP contribution is 2.22. The Morgan fingerprint density at radius 1 is 1.38 bits per heavy atom. The zero-order valence-corrected chi connectivity index (χ0v) is 10.4. The number of piperidine rings is 1. The zero-order valence-electron chi connectivity index (χ0n) is 10.4. The molecule has 1 saturated heterocycles. The van der Waals surface area contributed by atoms with Crippen LogP contribution in [-0.2, 0) is 14.4 Å². The Morgan fingerprint density at radius 2 is 1.94 bits per heavy atom. The first-order valence-corrected chi connectivity index (χ1v) is 5.84. The number of hydroxylamine groups is 2. The van der Waals surface area contributed by atoms with Gasteiger partial charge in [0, 0.05) is 19.5 Å². The van der Waals surface area contributed by atoms with Crippen LogP contribution < -0.4 is 0 Å². The molecule has 0 saturated carbocycles. The molecule has 0 spiro atoms. The second-order valence-corrected chi connectivity index (χ2v) is 5.40. The van der Waals surface area contributed by atoms with Crippen LogP contribution in [0.3, 0.4) is 0 Å². The van der Waals surface area contributed by atoms with Crippen LogP contribution in [0.4, 0.5) is 0 Å². The highest BCUT2D eigenvalue weighted by atomic mass is 16.7. The van der Waals surface area contributed by atoms with E-state index in [1.807, 2.05) is 20.8 Å². The van der Waals surface area contributed by atoms with Crippen molar-refractivity contribution in [1.29, 1.82) is 0 Å². The SMILES string of the molecule is CC(C)(C)C(=O)ON1CCC(CC=O)CC1. The van der Waals surface area contributed by atoms with Crippen molar-refractivity contribution in [2.75, 3.05) is 13.1 Å². The molecule has 92 valence electrons. The minimum Gasteiger partial charge on any atom is -0.367 e. The lowest BCUT2D eigenvalue weighted by Gasteiger charge is -2.31. The highest BCUT2D eigenvalue weighted by Gasteiger charge is 2.28. The number of carbonyl (C=O) groups excluding carboxylic acids is 2. The van der Waals surface area contributed by atoms with E-state index < -0.39 is 5.41 Å². The largest absolute Gasteiger partial charge is 0.367 e. The number of carbonyl (C=O) groups is 2. The van der Waals surface area contributed by atoms with Crippen molar-refractivity contribution in [3.63, 3.8) is 0 Å². The van der Waals surface area contributed by atoms with Gasteiger partial charge in [0.15, 0.2) is 0 Å². The summed E-state index contributed by atoms with van der Waals surface area (Å²) in [5.74, 6) is 0.267. The van der Waals surface area contributed by atoms with Gasteiger partial charge in [-0.2, -0.15) is 0 Å². The summed E-state index contributed by atoms with van der Waals surface area (Å²) < 4.78 is 0. The summed E-state index contributed by atoms with van der Waals surface area (Å²) in [5, 5.41) is 1.72. The van der Waals surface area contributed by atoms with Gasteiger partial charge in [-0.05, 0) is 39.5 Å². The van der Waals surface area contributed by atoms with Crippen LogP contribution in [0.2, 0.25) is 0 Å². The third kappa shape index (κ3) is 3.93. The van der Waals surface area contributed by atoms with E-state index in [1.165, 1.54) is 0 Å². The van der Waals surface area contributed by atoms with Gasteiger partial charge in [0.1, 0.15) is 6.29 Å². The highest BCUT2D eigenvalue weighted by molar-refractivity contribution is 5.75. The van der Waals surface area contributed by atoms with Gasteiger partial charge in [0.05, 0.1) is 5.41 Å². The molecule has 0 amide bonds. The summed E-state index contributed by atoms with van der Waals surface area (Å²) in [7, 11) is 0. The van der Waals surface area contributed by atoms with Crippen molar-refractivity contribution in [2.24, 2.45) is 11.3 Å². The van der Waals surface area contributed by atoms with Gasteiger partial charge in [-0.15, -0.1) is 5.06 Å². The van der Waals surface area contributed by atoms with Crippen molar-refractivity contribution in [1.82, 2.24) is 5.06 Å². The van der Waals surface area contributed by atoms with E-state index in [4.69, 9.17) is 4.84 Å². The summed E-state index contributed by atoms with van der Waals surface area (Å²) >= 11 is 0. The normalized spacial score (nSPS) is 19.4. The maximum atomic E-state index is 11.6. The average molecular weight is 227 g/mol. The molecule has 1 fully saturated rings. The van der Waals surface area contributed by atoms with E-state index in [-0.39, 0.29) is 5.97 Å². The Morgan fingerprint density at radius 3 is 2.38 bits per heavy atom. The molecule has 0 aromatic heterocycles. The molecule has 1 aliphatic heterocycles.